The molecule has 2 atom stereocenters. The summed E-state index contributed by atoms with van der Waals surface area (Å²) >= 11 is 0. The highest BCUT2D eigenvalue weighted by atomic mass is 16.6. The maximum absolute atomic E-state index is 11.3. The number of nitrogens with two attached hydrogens (primary N) is 1. The summed E-state index contributed by atoms with van der Waals surface area (Å²) in [6, 6.07) is 0. The van der Waals surface area contributed by atoms with Crippen LogP contribution in [0.25, 0.3) is 0 Å². The normalized spacial score (nSPS) is 40.5. The molecule has 2 aliphatic rings. The van der Waals surface area contributed by atoms with Crippen molar-refractivity contribution in [2.45, 2.75) is 45.6 Å². The molecule has 1 aliphatic carbocycles. The summed E-state index contributed by atoms with van der Waals surface area (Å²) in [5, 5.41) is 0. The Morgan fingerprint density at radius 1 is 1.50 bits per heavy atom. The van der Waals surface area contributed by atoms with Crippen LogP contribution < -0.4 is 5.73 Å². The molecular formula is C11H19NO2. The van der Waals surface area contributed by atoms with Gasteiger partial charge in [0, 0.05) is 12.0 Å². The lowest BCUT2D eigenvalue weighted by atomic mass is 9.76. The largest absolute Gasteiger partial charge is 0.460 e. The van der Waals surface area contributed by atoms with Crippen molar-refractivity contribution in [3.8, 4) is 0 Å². The average molecular weight is 197 g/mol. The topological polar surface area (TPSA) is 52.3 Å². The van der Waals surface area contributed by atoms with Crippen molar-refractivity contribution in [1.29, 1.82) is 0 Å². The Balaban J connectivity index is 2.20. The van der Waals surface area contributed by atoms with E-state index in [0.717, 1.165) is 12.8 Å². The number of carbonyl (C=O) groups is 1. The summed E-state index contributed by atoms with van der Waals surface area (Å²) < 4.78 is 5.28. The van der Waals surface area contributed by atoms with E-state index in [-0.39, 0.29) is 17.5 Å². The Morgan fingerprint density at radius 2 is 2.21 bits per heavy atom. The zero-order valence-corrected chi connectivity index (χ0v) is 9.01. The van der Waals surface area contributed by atoms with Crippen molar-refractivity contribution >= 4 is 5.97 Å². The van der Waals surface area contributed by atoms with Crippen molar-refractivity contribution in [2.75, 3.05) is 6.54 Å². The molecule has 80 valence electrons. The third-order valence-corrected chi connectivity index (χ3v) is 3.80. The molecule has 2 N–H and O–H groups in total. The highest BCUT2D eigenvalue weighted by Crippen LogP contribution is 2.55. The van der Waals surface area contributed by atoms with E-state index >= 15 is 0 Å². The Bertz CT molecular complexity index is 262. The van der Waals surface area contributed by atoms with Gasteiger partial charge in [-0.05, 0) is 24.7 Å². The first-order valence-electron chi connectivity index (χ1n) is 5.37. The molecule has 0 bridgehead atoms. The fraction of sp³-hybridized carbons (Fsp3) is 0.909. The predicted molar refractivity (Wildman–Crippen MR) is 53.6 cm³/mol. The van der Waals surface area contributed by atoms with E-state index in [1.807, 2.05) is 0 Å². The zero-order valence-electron chi connectivity index (χ0n) is 9.01. The van der Waals surface area contributed by atoms with Gasteiger partial charge in [-0.2, -0.15) is 0 Å². The monoisotopic (exact) mass is 197 g/mol. The molecule has 14 heavy (non-hydrogen) atoms. The number of rotatable bonds is 1. The van der Waals surface area contributed by atoms with Gasteiger partial charge in [0.2, 0.25) is 0 Å². The quantitative estimate of drug-likeness (QED) is 0.647. The standard InChI is InChI=1S/C11H19NO2/c1-10(2)3-4-11(7-10)5-9(13)14-8(11)6-12/h8H,3-7,12H2,1-2H3. The van der Waals surface area contributed by atoms with Crippen molar-refractivity contribution in [2.24, 2.45) is 16.6 Å². The van der Waals surface area contributed by atoms with E-state index in [2.05, 4.69) is 13.8 Å². The van der Waals surface area contributed by atoms with Gasteiger partial charge < -0.3 is 10.5 Å². The lowest BCUT2D eigenvalue weighted by Gasteiger charge is -2.28. The number of carbonyl (C=O) groups excluding carboxylic acids is 1. The van der Waals surface area contributed by atoms with Crippen LogP contribution in [0.5, 0.6) is 0 Å². The number of esters is 1. The Hall–Kier alpha value is -0.570. The van der Waals surface area contributed by atoms with Crippen LogP contribution in [-0.2, 0) is 9.53 Å². The van der Waals surface area contributed by atoms with Gasteiger partial charge in [-0.15, -0.1) is 0 Å². The van der Waals surface area contributed by atoms with Gasteiger partial charge in [-0.1, -0.05) is 13.8 Å². The lowest BCUT2D eigenvalue weighted by molar-refractivity contribution is -0.141. The third-order valence-electron chi connectivity index (χ3n) is 3.80. The summed E-state index contributed by atoms with van der Waals surface area (Å²) in [7, 11) is 0. The van der Waals surface area contributed by atoms with Crippen LogP contribution in [0.1, 0.15) is 39.5 Å². The highest BCUT2D eigenvalue weighted by Gasteiger charge is 2.54. The molecule has 1 saturated carbocycles. The third kappa shape index (κ3) is 1.44. The van der Waals surface area contributed by atoms with E-state index in [0.29, 0.717) is 18.4 Å². The Labute approximate surface area is 85.0 Å². The van der Waals surface area contributed by atoms with Gasteiger partial charge in [-0.3, -0.25) is 4.79 Å². The average Bonchev–Trinajstić information content (AvgIpc) is 2.53. The van der Waals surface area contributed by atoms with Crippen molar-refractivity contribution in [3.05, 3.63) is 0 Å². The zero-order chi connectivity index (χ0) is 10.4. The van der Waals surface area contributed by atoms with E-state index in [1.165, 1.54) is 6.42 Å². The molecular weight excluding hydrogens is 178 g/mol. The number of hydrogen-bond acceptors (Lipinski definition) is 3. The molecule has 1 aliphatic heterocycles. The second-order valence-electron chi connectivity index (χ2n) is 5.59. The van der Waals surface area contributed by atoms with Crippen LogP contribution in [0, 0.1) is 10.8 Å². The van der Waals surface area contributed by atoms with Gasteiger partial charge >= 0.3 is 5.97 Å². The van der Waals surface area contributed by atoms with Crippen molar-refractivity contribution in [3.63, 3.8) is 0 Å². The van der Waals surface area contributed by atoms with Crippen LogP contribution >= 0.6 is 0 Å². The van der Waals surface area contributed by atoms with E-state index in [4.69, 9.17) is 10.5 Å². The van der Waals surface area contributed by atoms with Crippen molar-refractivity contribution < 1.29 is 9.53 Å². The SMILES string of the molecule is CC1(C)CCC2(CC(=O)OC2CN)C1. The number of ether oxygens (including phenoxy) is 1. The van der Waals surface area contributed by atoms with Gasteiger partial charge in [0.05, 0.1) is 6.42 Å². The first-order valence-corrected chi connectivity index (χ1v) is 5.37. The minimum atomic E-state index is -0.0573. The first-order chi connectivity index (χ1) is 6.47. The van der Waals surface area contributed by atoms with Gasteiger partial charge in [0.25, 0.3) is 0 Å². The molecule has 1 heterocycles. The smallest absolute Gasteiger partial charge is 0.306 e. The van der Waals surface area contributed by atoms with E-state index in [9.17, 15) is 4.79 Å². The minimum Gasteiger partial charge on any atom is -0.460 e. The molecule has 3 heteroatoms. The maximum atomic E-state index is 11.3. The maximum Gasteiger partial charge on any atom is 0.306 e. The number of cyclic esters (lactones) is 1. The summed E-state index contributed by atoms with van der Waals surface area (Å²) in [5.74, 6) is -0.0573. The molecule has 0 amide bonds. The molecule has 0 aromatic carbocycles. The Kier molecular flexibility index (Phi) is 2.11. The molecule has 2 rings (SSSR count). The highest BCUT2D eigenvalue weighted by molar-refractivity contribution is 5.73. The van der Waals surface area contributed by atoms with Crippen LogP contribution in [-0.4, -0.2) is 18.6 Å². The summed E-state index contributed by atoms with van der Waals surface area (Å²) in [6.07, 6.45) is 3.90. The molecule has 1 spiro atoms. The molecule has 3 nitrogen and oxygen atoms in total. The Morgan fingerprint density at radius 3 is 2.71 bits per heavy atom. The van der Waals surface area contributed by atoms with E-state index in [1.54, 1.807) is 0 Å². The lowest BCUT2D eigenvalue weighted by Crippen LogP contribution is -2.35. The van der Waals surface area contributed by atoms with Crippen LogP contribution in [0.3, 0.4) is 0 Å². The molecule has 1 saturated heterocycles. The second kappa shape index (κ2) is 2.96. The molecule has 0 aromatic heterocycles. The summed E-state index contributed by atoms with van der Waals surface area (Å²) in [4.78, 5) is 11.3. The second-order valence-corrected chi connectivity index (χ2v) is 5.59. The first kappa shape index (κ1) is 9.97. The predicted octanol–water partition coefficient (Wildman–Crippen LogP) is 1.46. The summed E-state index contributed by atoms with van der Waals surface area (Å²) in [5.41, 5.74) is 6.08. The summed E-state index contributed by atoms with van der Waals surface area (Å²) in [6.45, 7) is 5.00. The molecule has 2 fully saturated rings. The van der Waals surface area contributed by atoms with Crippen LogP contribution in [0.2, 0.25) is 0 Å². The van der Waals surface area contributed by atoms with Crippen molar-refractivity contribution in [1.82, 2.24) is 0 Å². The van der Waals surface area contributed by atoms with Gasteiger partial charge in [-0.25, -0.2) is 0 Å². The van der Waals surface area contributed by atoms with E-state index < -0.39 is 0 Å². The molecule has 0 radical (unpaired) electrons. The van der Waals surface area contributed by atoms with Gasteiger partial charge in [0.1, 0.15) is 6.10 Å². The molecule has 2 unspecified atom stereocenters. The van der Waals surface area contributed by atoms with Gasteiger partial charge in [0.15, 0.2) is 0 Å². The minimum absolute atomic E-state index is 0.0308. The molecule has 0 aromatic rings. The van der Waals surface area contributed by atoms with Crippen LogP contribution in [0.4, 0.5) is 0 Å². The van der Waals surface area contributed by atoms with Crippen LogP contribution in [0.15, 0.2) is 0 Å². The number of hydrogen-bond donors (Lipinski definition) is 1. The fourth-order valence-electron chi connectivity index (χ4n) is 3.17. The fourth-order valence-corrected chi connectivity index (χ4v) is 3.17.